The number of ketones is 1. The van der Waals surface area contributed by atoms with E-state index in [9.17, 15) is 14.4 Å². The maximum absolute atomic E-state index is 13.9. The van der Waals surface area contributed by atoms with Crippen molar-refractivity contribution in [3.8, 4) is 11.3 Å². The van der Waals surface area contributed by atoms with Crippen LogP contribution in [0.5, 0.6) is 0 Å². The second-order valence-corrected chi connectivity index (χ2v) is 12.0. The molecule has 6 rings (SSSR count). The van der Waals surface area contributed by atoms with E-state index in [1.165, 1.54) is 0 Å². The number of hydrogen-bond acceptors (Lipinski definition) is 3. The molecule has 2 aliphatic rings. The number of nitrogens with one attached hydrogen (secondary N) is 2. The summed E-state index contributed by atoms with van der Waals surface area (Å²) in [6, 6.07) is 23.3. The third-order valence-corrected chi connectivity index (χ3v) is 8.35. The van der Waals surface area contributed by atoms with Gasteiger partial charge in [-0.2, -0.15) is 0 Å². The second-order valence-electron chi connectivity index (χ2n) is 12.0. The molecule has 2 amide bonds. The van der Waals surface area contributed by atoms with Crippen molar-refractivity contribution in [3.63, 3.8) is 0 Å². The molecule has 3 atom stereocenters. The molecule has 2 fully saturated rings. The summed E-state index contributed by atoms with van der Waals surface area (Å²) in [7, 11) is 0. The van der Waals surface area contributed by atoms with Gasteiger partial charge >= 0.3 is 0 Å². The molecule has 0 spiro atoms. The van der Waals surface area contributed by atoms with E-state index in [1.807, 2.05) is 103 Å². The lowest BCUT2D eigenvalue weighted by Gasteiger charge is -2.39. The fourth-order valence-corrected chi connectivity index (χ4v) is 6.13. The molecule has 0 saturated carbocycles. The molecule has 0 unspecified atom stereocenters. The average Bonchev–Trinajstić information content (AvgIpc) is 3.73. The number of hydrogen-bond donors (Lipinski definition) is 2. The number of aromatic nitrogens is 2. The van der Waals surface area contributed by atoms with Gasteiger partial charge in [0, 0.05) is 36.1 Å². The first-order chi connectivity index (χ1) is 18.7. The average molecular weight is 523 g/mol. The Kier molecular flexibility index (Phi) is 6.17. The third-order valence-electron chi connectivity index (χ3n) is 8.35. The van der Waals surface area contributed by atoms with Crippen LogP contribution in [0.15, 0.2) is 72.8 Å². The van der Waals surface area contributed by atoms with Crippen LogP contribution >= 0.6 is 0 Å². The number of piperazine rings is 1. The van der Waals surface area contributed by atoms with E-state index in [-0.39, 0.29) is 41.5 Å². The van der Waals surface area contributed by atoms with Gasteiger partial charge in [0.15, 0.2) is 5.78 Å². The van der Waals surface area contributed by atoms with E-state index in [1.54, 1.807) is 0 Å². The molecule has 2 bridgehead atoms. The van der Waals surface area contributed by atoms with Gasteiger partial charge in [0.2, 0.25) is 5.91 Å². The lowest BCUT2D eigenvalue weighted by Crippen LogP contribution is -2.53. The molecule has 4 aromatic rings. The molecule has 0 radical (unpaired) electrons. The largest absolute Gasteiger partial charge is 0.352 e. The van der Waals surface area contributed by atoms with Crippen molar-refractivity contribution in [1.29, 1.82) is 0 Å². The number of rotatable bonds is 6. The van der Waals surface area contributed by atoms with Gasteiger partial charge in [0.05, 0.1) is 23.7 Å². The summed E-state index contributed by atoms with van der Waals surface area (Å²) >= 11 is 0. The first-order valence-electron chi connectivity index (χ1n) is 13.7. The fraction of sp³-hybridized carbons (Fsp3) is 0.344. The molecule has 7 nitrogen and oxygen atoms in total. The minimum Gasteiger partial charge on any atom is -0.352 e. The smallest absolute Gasteiger partial charge is 0.270 e. The van der Waals surface area contributed by atoms with Crippen molar-refractivity contribution in [2.75, 3.05) is 13.1 Å². The Hall–Kier alpha value is -4.13. The Morgan fingerprint density at radius 1 is 0.846 bits per heavy atom. The first kappa shape index (κ1) is 25.2. The van der Waals surface area contributed by atoms with Crippen molar-refractivity contribution in [3.05, 3.63) is 84.2 Å². The highest BCUT2D eigenvalue weighted by molar-refractivity contribution is 6.01. The monoisotopic (exact) mass is 522 g/mol. The van der Waals surface area contributed by atoms with E-state index in [0.717, 1.165) is 28.6 Å². The van der Waals surface area contributed by atoms with Crippen LogP contribution in [0.3, 0.4) is 0 Å². The van der Waals surface area contributed by atoms with E-state index in [0.29, 0.717) is 24.5 Å². The quantitative estimate of drug-likeness (QED) is 0.327. The number of fused-ring (bicyclic) bond motifs is 3. The van der Waals surface area contributed by atoms with Crippen LogP contribution in [0.4, 0.5) is 0 Å². The SMILES string of the molecule is CC(C)(C)[C@H](CC(=O)c1cc2ccccc2[nH]1)C(=O)N1C[C@@H]2C[C@H]1CN2C(=O)c1ccc(-c2ccccc2)[nH]1. The van der Waals surface area contributed by atoms with Gasteiger partial charge in [-0.1, -0.05) is 69.3 Å². The molecule has 2 N–H and O–H groups in total. The normalized spacial score (nSPS) is 19.6. The molecular formula is C32H34N4O3. The van der Waals surface area contributed by atoms with Crippen LogP contribution in [-0.4, -0.2) is 62.5 Å². The van der Waals surface area contributed by atoms with Gasteiger partial charge < -0.3 is 19.8 Å². The second kappa shape index (κ2) is 9.56. The third kappa shape index (κ3) is 4.67. The standard InChI is InChI=1S/C32H34N4O3/c1-32(2,3)24(17-29(37)28-15-21-11-7-8-12-25(21)34-28)30(38)35-18-23-16-22(35)19-36(23)31(39)27-14-13-26(33-27)20-9-5-4-6-10-20/h4-15,22-24,33-34H,16-19H2,1-3H3/t22-,23-,24+/m0/s1. The molecule has 2 aromatic carbocycles. The van der Waals surface area contributed by atoms with Crippen LogP contribution < -0.4 is 0 Å². The zero-order valence-corrected chi connectivity index (χ0v) is 22.6. The van der Waals surface area contributed by atoms with Crippen LogP contribution in [0.2, 0.25) is 0 Å². The molecule has 4 heterocycles. The molecule has 2 aromatic heterocycles. The van der Waals surface area contributed by atoms with Crippen molar-refractivity contribution >= 4 is 28.5 Å². The lowest BCUT2D eigenvalue weighted by atomic mass is 9.76. The van der Waals surface area contributed by atoms with E-state index in [4.69, 9.17) is 0 Å². The summed E-state index contributed by atoms with van der Waals surface area (Å²) in [5.74, 6) is -0.519. The Morgan fingerprint density at radius 2 is 1.54 bits per heavy atom. The van der Waals surface area contributed by atoms with E-state index in [2.05, 4.69) is 9.97 Å². The number of amides is 2. The van der Waals surface area contributed by atoms with Gasteiger partial charge in [-0.15, -0.1) is 0 Å². The number of aromatic amines is 2. The maximum atomic E-state index is 13.9. The molecule has 200 valence electrons. The number of nitrogens with zero attached hydrogens (tertiary/aromatic N) is 2. The number of para-hydroxylation sites is 1. The van der Waals surface area contributed by atoms with Crippen molar-refractivity contribution in [1.82, 2.24) is 19.8 Å². The van der Waals surface area contributed by atoms with Crippen LogP contribution in [0.1, 0.15) is 54.6 Å². The zero-order chi connectivity index (χ0) is 27.3. The Morgan fingerprint density at radius 3 is 2.23 bits per heavy atom. The number of H-pyrrole nitrogens is 2. The molecule has 2 saturated heterocycles. The van der Waals surface area contributed by atoms with Gasteiger partial charge in [-0.25, -0.2) is 0 Å². The summed E-state index contributed by atoms with van der Waals surface area (Å²) in [5.41, 5.74) is 3.58. The number of carbonyl (C=O) groups is 3. The van der Waals surface area contributed by atoms with Gasteiger partial charge in [-0.3, -0.25) is 14.4 Å². The van der Waals surface area contributed by atoms with E-state index < -0.39 is 5.92 Å². The molecule has 0 aliphatic carbocycles. The highest BCUT2D eigenvalue weighted by atomic mass is 16.2. The summed E-state index contributed by atoms with van der Waals surface area (Å²) in [6.07, 6.45) is 0.924. The van der Waals surface area contributed by atoms with Gasteiger partial charge in [-0.05, 0) is 41.7 Å². The molecule has 7 heteroatoms. The Labute approximate surface area is 228 Å². The van der Waals surface area contributed by atoms with Crippen molar-refractivity contribution in [2.45, 2.75) is 45.7 Å². The summed E-state index contributed by atoms with van der Waals surface area (Å²) in [5, 5.41) is 0.985. The lowest BCUT2D eigenvalue weighted by molar-refractivity contribution is -0.141. The Bertz CT molecular complexity index is 1510. The van der Waals surface area contributed by atoms with Crippen molar-refractivity contribution in [2.24, 2.45) is 11.3 Å². The van der Waals surface area contributed by atoms with Crippen LogP contribution in [-0.2, 0) is 4.79 Å². The molecule has 2 aliphatic heterocycles. The van der Waals surface area contributed by atoms with Gasteiger partial charge in [0.1, 0.15) is 5.69 Å². The highest BCUT2D eigenvalue weighted by Gasteiger charge is 2.50. The minimum atomic E-state index is -0.447. The van der Waals surface area contributed by atoms with Crippen LogP contribution in [0, 0.1) is 11.3 Å². The summed E-state index contributed by atoms with van der Waals surface area (Å²) in [4.78, 5) is 50.9. The number of likely N-dealkylation sites (tertiary alicyclic amines) is 2. The highest BCUT2D eigenvalue weighted by Crippen LogP contribution is 2.38. The summed E-state index contributed by atoms with van der Waals surface area (Å²) in [6.45, 7) is 7.09. The van der Waals surface area contributed by atoms with Crippen LogP contribution in [0.25, 0.3) is 22.2 Å². The first-order valence-corrected chi connectivity index (χ1v) is 13.7. The molecule has 39 heavy (non-hydrogen) atoms. The van der Waals surface area contributed by atoms with Gasteiger partial charge in [0.25, 0.3) is 5.91 Å². The predicted molar refractivity (Wildman–Crippen MR) is 151 cm³/mol. The van der Waals surface area contributed by atoms with Crippen molar-refractivity contribution < 1.29 is 14.4 Å². The van der Waals surface area contributed by atoms with E-state index >= 15 is 0 Å². The Balaban J connectivity index is 1.14. The topological polar surface area (TPSA) is 89.3 Å². The predicted octanol–water partition coefficient (Wildman–Crippen LogP) is 5.52. The number of carbonyl (C=O) groups excluding carboxylic acids is 3. The molecular weight excluding hydrogens is 488 g/mol. The number of Topliss-reactive ketones (excluding diaryl/α,β-unsaturated/α-hetero) is 1. The maximum Gasteiger partial charge on any atom is 0.270 e. The fourth-order valence-electron chi connectivity index (χ4n) is 6.13. The number of benzene rings is 2. The minimum absolute atomic E-state index is 0.0118. The zero-order valence-electron chi connectivity index (χ0n) is 22.6. The summed E-state index contributed by atoms with van der Waals surface area (Å²) < 4.78 is 0.